The van der Waals surface area contributed by atoms with Crippen molar-refractivity contribution in [2.75, 3.05) is 0 Å². The lowest BCUT2D eigenvalue weighted by Crippen LogP contribution is -2.32. The number of para-hydroxylation sites is 1. The third-order valence-electron chi connectivity index (χ3n) is 13.5. The van der Waals surface area contributed by atoms with Crippen LogP contribution in [0.3, 0.4) is 0 Å². The summed E-state index contributed by atoms with van der Waals surface area (Å²) in [7, 11) is 0. The first-order chi connectivity index (χ1) is 31.5. The van der Waals surface area contributed by atoms with Crippen molar-refractivity contribution in [1.82, 2.24) is 14.5 Å². The monoisotopic (exact) mass is 819 g/mol. The molecule has 0 spiro atoms. The maximum Gasteiger partial charge on any atom is 0.160 e. The lowest BCUT2D eigenvalue weighted by atomic mass is 9.81. The van der Waals surface area contributed by atoms with Crippen molar-refractivity contribution in [3.63, 3.8) is 0 Å². The number of aromatic nitrogens is 3. The van der Waals surface area contributed by atoms with Crippen molar-refractivity contribution in [3.8, 4) is 73.0 Å². The Labute approximate surface area is 374 Å². The fraction of sp³-hybridized carbons (Fsp3) is 0.0820. The van der Waals surface area contributed by atoms with Crippen LogP contribution in [0.2, 0.25) is 0 Å². The number of benzene rings is 8. The second-order valence-electron chi connectivity index (χ2n) is 17.7. The Bertz CT molecular complexity index is 3560. The van der Waals surface area contributed by atoms with Gasteiger partial charge < -0.3 is 4.57 Å². The molecule has 0 aliphatic heterocycles. The van der Waals surface area contributed by atoms with E-state index in [0.717, 1.165) is 40.9 Å². The Morgan fingerprint density at radius 1 is 0.438 bits per heavy atom. The number of hydrogen-bond donors (Lipinski definition) is 0. The topological polar surface area (TPSA) is 30.7 Å². The Balaban J connectivity index is 1.00. The lowest BCUT2D eigenvalue weighted by Gasteiger charge is -2.22. The van der Waals surface area contributed by atoms with Crippen molar-refractivity contribution >= 4 is 22.6 Å². The van der Waals surface area contributed by atoms with E-state index in [1.54, 1.807) is 0 Å². The number of hydrogen-bond acceptors (Lipinski definition) is 2. The predicted molar refractivity (Wildman–Crippen MR) is 266 cm³/mol. The molecule has 12 rings (SSSR count). The first-order valence-electron chi connectivity index (χ1n) is 22.4. The number of rotatable bonds is 7. The van der Waals surface area contributed by atoms with Crippen LogP contribution in [-0.2, 0) is 5.41 Å². The van der Waals surface area contributed by atoms with Gasteiger partial charge in [-0.2, -0.15) is 0 Å². The van der Waals surface area contributed by atoms with Crippen molar-refractivity contribution in [2.45, 2.75) is 32.1 Å². The molecule has 64 heavy (non-hydrogen) atoms. The molecule has 0 saturated carbocycles. The molecule has 2 aromatic heterocycles. The summed E-state index contributed by atoms with van der Waals surface area (Å²) in [6, 6.07) is 74.6. The molecule has 0 N–H and O–H groups in total. The van der Waals surface area contributed by atoms with E-state index in [4.69, 9.17) is 9.97 Å². The zero-order chi connectivity index (χ0) is 42.8. The van der Waals surface area contributed by atoms with Crippen molar-refractivity contribution in [3.05, 3.63) is 234 Å². The van der Waals surface area contributed by atoms with E-state index in [9.17, 15) is 0 Å². The summed E-state index contributed by atoms with van der Waals surface area (Å²) >= 11 is 0. The second-order valence-corrected chi connectivity index (χ2v) is 17.7. The minimum atomic E-state index is -0.0694. The molecule has 0 atom stereocenters. The van der Waals surface area contributed by atoms with Crippen LogP contribution >= 0.6 is 0 Å². The second kappa shape index (κ2) is 15.2. The lowest BCUT2D eigenvalue weighted by molar-refractivity contribution is 0.660. The van der Waals surface area contributed by atoms with Crippen molar-refractivity contribution in [2.24, 2.45) is 0 Å². The molecule has 0 unspecified atom stereocenters. The van der Waals surface area contributed by atoms with Gasteiger partial charge in [0.1, 0.15) is 0 Å². The molecular formula is C61H45N3. The normalized spacial score (nSPS) is 13.6. The Morgan fingerprint density at radius 3 is 1.81 bits per heavy atom. The van der Waals surface area contributed by atoms with E-state index in [1.807, 2.05) is 0 Å². The van der Waals surface area contributed by atoms with Gasteiger partial charge in [-0.3, -0.25) is 0 Å². The largest absolute Gasteiger partial charge is 0.310 e. The highest BCUT2D eigenvalue weighted by Gasteiger charge is 2.35. The molecule has 2 heterocycles. The minimum absolute atomic E-state index is 0.0694. The van der Waals surface area contributed by atoms with Gasteiger partial charge in [-0.25, -0.2) is 9.97 Å². The smallest absolute Gasteiger partial charge is 0.160 e. The molecular weight excluding hydrogens is 775 g/mol. The fourth-order valence-corrected chi connectivity index (χ4v) is 10.3. The Kier molecular flexibility index (Phi) is 8.98. The minimum Gasteiger partial charge on any atom is -0.310 e. The van der Waals surface area contributed by atoms with E-state index in [0.29, 0.717) is 5.82 Å². The average Bonchev–Trinajstić information content (AvgIpc) is 3.82. The Morgan fingerprint density at radius 2 is 1.02 bits per heavy atom. The van der Waals surface area contributed by atoms with Gasteiger partial charge >= 0.3 is 0 Å². The van der Waals surface area contributed by atoms with Crippen LogP contribution in [0.1, 0.15) is 43.4 Å². The quantitative estimate of drug-likeness (QED) is 0.160. The summed E-state index contributed by atoms with van der Waals surface area (Å²) in [6.07, 6.45) is 4.32. The molecule has 10 aromatic rings. The van der Waals surface area contributed by atoms with Crippen LogP contribution in [0.5, 0.6) is 0 Å². The highest BCUT2D eigenvalue weighted by Crippen LogP contribution is 2.49. The van der Waals surface area contributed by atoms with Gasteiger partial charge in [0.25, 0.3) is 0 Å². The van der Waals surface area contributed by atoms with Crippen molar-refractivity contribution in [1.29, 1.82) is 0 Å². The van der Waals surface area contributed by atoms with Crippen LogP contribution in [0.25, 0.3) is 95.5 Å². The maximum absolute atomic E-state index is 5.38. The molecule has 0 radical (unpaired) electrons. The molecule has 2 aliphatic carbocycles. The number of nitrogens with zero attached hydrogens (tertiary/aromatic N) is 3. The van der Waals surface area contributed by atoms with Gasteiger partial charge in [-0.1, -0.05) is 178 Å². The summed E-state index contributed by atoms with van der Waals surface area (Å²) in [5, 5.41) is 3.81. The van der Waals surface area contributed by atoms with Crippen LogP contribution in [0.4, 0.5) is 0 Å². The van der Waals surface area contributed by atoms with E-state index >= 15 is 0 Å². The first kappa shape index (κ1) is 37.8. The highest BCUT2D eigenvalue weighted by atomic mass is 15.0. The molecule has 2 aliphatic rings. The van der Waals surface area contributed by atoms with Gasteiger partial charge in [0.2, 0.25) is 0 Å². The van der Waals surface area contributed by atoms with Crippen molar-refractivity contribution < 1.29 is 0 Å². The molecule has 8 aromatic carbocycles. The maximum atomic E-state index is 5.38. The van der Waals surface area contributed by atoms with Gasteiger partial charge in [0.05, 0.1) is 22.3 Å². The molecule has 3 nitrogen and oxygen atoms in total. The van der Waals surface area contributed by atoms with Crippen LogP contribution < -0.4 is 10.6 Å². The molecule has 3 heteroatoms. The zero-order valence-electron chi connectivity index (χ0n) is 36.0. The summed E-state index contributed by atoms with van der Waals surface area (Å²) in [5.74, 6) is 0.710. The average molecular weight is 820 g/mol. The molecule has 0 saturated heterocycles. The van der Waals surface area contributed by atoms with E-state index in [-0.39, 0.29) is 5.41 Å². The van der Waals surface area contributed by atoms with Crippen LogP contribution in [-0.4, -0.2) is 14.5 Å². The van der Waals surface area contributed by atoms with Crippen LogP contribution in [0, 0.1) is 0 Å². The van der Waals surface area contributed by atoms with Gasteiger partial charge in [0.15, 0.2) is 5.82 Å². The molecule has 304 valence electrons. The zero-order valence-corrected chi connectivity index (χ0v) is 36.0. The van der Waals surface area contributed by atoms with Gasteiger partial charge in [-0.05, 0) is 117 Å². The van der Waals surface area contributed by atoms with Crippen LogP contribution in [0.15, 0.2) is 206 Å². The molecule has 0 amide bonds. The Hall–Kier alpha value is -7.88. The van der Waals surface area contributed by atoms with E-state index in [2.05, 4.69) is 231 Å². The summed E-state index contributed by atoms with van der Waals surface area (Å²) in [6.45, 7) is 4.69. The first-order valence-corrected chi connectivity index (χ1v) is 22.4. The summed E-state index contributed by atoms with van der Waals surface area (Å²) in [4.78, 5) is 10.7. The van der Waals surface area contributed by atoms with Gasteiger partial charge in [0, 0.05) is 38.4 Å². The highest BCUT2D eigenvalue weighted by molar-refractivity contribution is 5.92. The standard InChI is InChI=1S/C61H45N3/c1-61(2)53-29-13-12-27-50(53)51-33-31-44(38-54(51)61)42-21-14-23-46(35-42)56-39-55(41-19-8-4-9-20-41)62-60(63-56)47-24-15-22-45(36-47)49-28-16-30-58-59(49)52-37-43(40-17-6-3-7-18-40)32-34-57(52)64(58)48-25-10-5-11-26-48/h3-15,17-27,29-39H,16,28H2,1-2H3. The molecule has 0 fully saturated rings. The van der Waals surface area contributed by atoms with E-state index < -0.39 is 0 Å². The predicted octanol–water partition coefficient (Wildman–Crippen LogP) is 13.8. The fourth-order valence-electron chi connectivity index (χ4n) is 10.3. The van der Waals surface area contributed by atoms with Gasteiger partial charge in [-0.15, -0.1) is 0 Å². The summed E-state index contributed by atoms with van der Waals surface area (Å²) < 4.78 is 2.44. The third kappa shape index (κ3) is 6.35. The summed E-state index contributed by atoms with van der Waals surface area (Å²) in [5.41, 5.74) is 20.0. The third-order valence-corrected chi connectivity index (χ3v) is 13.5. The van der Waals surface area contributed by atoms with E-state index in [1.165, 1.54) is 82.8 Å². The number of fused-ring (bicyclic) bond motifs is 6. The molecule has 0 bridgehead atoms. The SMILES string of the molecule is CC1(C)c2ccccc2-c2ccc(-c3cccc(-c4cc(-c5ccccc5)nc(-c5cccc(C6=c7c(n(-c8ccccc8)c8ccc(-c9ccccc9)cc78)=CCC6)c5)n4)c3)cc21.